The molecular weight excluding hydrogens is 396 g/mol. The average Bonchev–Trinajstić information content (AvgIpc) is 3.35. The van der Waals surface area contributed by atoms with Crippen LogP contribution in [0.15, 0.2) is 28.1 Å². The van der Waals surface area contributed by atoms with Crippen molar-refractivity contribution in [3.8, 4) is 0 Å². The van der Waals surface area contributed by atoms with E-state index >= 15 is 0 Å². The highest BCUT2D eigenvalue weighted by Gasteiger charge is 2.20. The summed E-state index contributed by atoms with van der Waals surface area (Å²) in [5.41, 5.74) is 5.46. The second-order valence-electron chi connectivity index (χ2n) is 6.27. The molecule has 1 aliphatic rings. The molecule has 0 saturated heterocycles. The number of hydrogen-bond donors (Lipinski definition) is 3. The molecule has 3 N–H and O–H groups in total. The molecule has 3 aromatic rings. The number of carboxylic acid groups (broad SMARTS) is 2. The first kappa shape index (κ1) is 20.5. The molecule has 0 atom stereocenters. The van der Waals surface area contributed by atoms with Crippen LogP contribution in [-0.2, 0) is 28.9 Å². The number of aryl methyl sites for hydroxylation is 3. The molecule has 0 bridgehead atoms. The van der Waals surface area contributed by atoms with Gasteiger partial charge in [-0.3, -0.25) is 5.43 Å². The van der Waals surface area contributed by atoms with Crippen LogP contribution in [0.5, 0.6) is 0 Å². The summed E-state index contributed by atoms with van der Waals surface area (Å²) < 4.78 is 5.04. The van der Waals surface area contributed by atoms with Crippen molar-refractivity contribution in [2.24, 2.45) is 5.10 Å². The summed E-state index contributed by atoms with van der Waals surface area (Å²) in [5, 5.41) is 20.3. The maximum absolute atomic E-state index is 9.10. The Bertz CT molecular complexity index is 1030. The first-order valence-electron chi connectivity index (χ1n) is 9.08. The van der Waals surface area contributed by atoms with Gasteiger partial charge in [0.15, 0.2) is 5.82 Å². The van der Waals surface area contributed by atoms with Crippen molar-refractivity contribution >= 4 is 45.5 Å². The summed E-state index contributed by atoms with van der Waals surface area (Å²) in [6, 6.07) is 1.87. The lowest BCUT2D eigenvalue weighted by molar-refractivity contribution is -0.159. The predicted octanol–water partition coefficient (Wildman–Crippen LogP) is 3.33. The van der Waals surface area contributed by atoms with E-state index < -0.39 is 11.9 Å². The lowest BCUT2D eigenvalue weighted by Crippen LogP contribution is -2.09. The highest BCUT2D eigenvalue weighted by Crippen LogP contribution is 2.38. The molecule has 0 saturated carbocycles. The minimum atomic E-state index is -1.82. The molecule has 0 spiro atoms. The maximum Gasteiger partial charge on any atom is 0.414 e. The average molecular weight is 416 g/mol. The van der Waals surface area contributed by atoms with Crippen molar-refractivity contribution in [3.05, 3.63) is 40.4 Å². The number of aromatic nitrogens is 2. The molecule has 0 fully saturated rings. The first-order valence-corrected chi connectivity index (χ1v) is 9.89. The Labute approximate surface area is 170 Å². The zero-order valence-corrected chi connectivity index (χ0v) is 16.5. The minimum absolute atomic E-state index is 0.818. The second kappa shape index (κ2) is 9.28. The second-order valence-corrected chi connectivity index (χ2v) is 7.35. The van der Waals surface area contributed by atoms with Gasteiger partial charge in [0.25, 0.3) is 0 Å². The number of furan rings is 1. The number of fused-ring (bicyclic) bond motifs is 3. The van der Waals surface area contributed by atoms with E-state index in [0.717, 1.165) is 46.7 Å². The van der Waals surface area contributed by atoms with Gasteiger partial charge in [0, 0.05) is 16.9 Å². The molecule has 3 aromatic heterocycles. The molecule has 3 heterocycles. The maximum atomic E-state index is 9.10. The molecule has 0 unspecified atom stereocenters. The summed E-state index contributed by atoms with van der Waals surface area (Å²) in [5.74, 6) is -1.96. The van der Waals surface area contributed by atoms with Crippen molar-refractivity contribution in [1.29, 1.82) is 0 Å². The number of carboxylic acids is 2. The Hall–Kier alpha value is -3.27. The predicted molar refractivity (Wildman–Crippen MR) is 109 cm³/mol. The number of aliphatic carboxylic acids is 2. The normalized spacial score (nSPS) is 13.0. The Morgan fingerprint density at radius 2 is 2.03 bits per heavy atom. The summed E-state index contributed by atoms with van der Waals surface area (Å²) >= 11 is 1.82. The summed E-state index contributed by atoms with van der Waals surface area (Å²) in [6.07, 6.45) is 10.6. The minimum Gasteiger partial charge on any atom is -0.473 e. The molecular formula is C19H20N4O5S. The largest absolute Gasteiger partial charge is 0.473 e. The lowest BCUT2D eigenvalue weighted by Gasteiger charge is -2.11. The van der Waals surface area contributed by atoms with Crippen LogP contribution in [0, 0.1) is 0 Å². The third-order valence-electron chi connectivity index (χ3n) is 4.29. The SMILES string of the molecule is CCc1nc(N/N=C/c2ccoc2)c2c3c(sc2n1)CCCC3.O=C(O)C(=O)O. The third kappa shape index (κ3) is 4.96. The van der Waals surface area contributed by atoms with Crippen LogP contribution in [0.1, 0.15) is 41.6 Å². The monoisotopic (exact) mass is 416 g/mol. The van der Waals surface area contributed by atoms with E-state index in [1.54, 1.807) is 18.7 Å². The Morgan fingerprint density at radius 3 is 2.69 bits per heavy atom. The van der Waals surface area contributed by atoms with E-state index in [4.69, 9.17) is 29.2 Å². The number of carbonyl (C=O) groups is 2. The number of nitrogens with zero attached hydrogens (tertiary/aromatic N) is 3. The fourth-order valence-electron chi connectivity index (χ4n) is 2.96. The summed E-state index contributed by atoms with van der Waals surface area (Å²) in [7, 11) is 0. The van der Waals surface area contributed by atoms with E-state index in [0.29, 0.717) is 0 Å². The van der Waals surface area contributed by atoms with Crippen molar-refractivity contribution in [3.63, 3.8) is 0 Å². The number of nitrogens with one attached hydrogen (secondary N) is 1. The molecule has 9 nitrogen and oxygen atoms in total. The van der Waals surface area contributed by atoms with Gasteiger partial charge in [-0.25, -0.2) is 19.6 Å². The number of rotatable bonds is 4. The molecule has 0 amide bonds. The number of hydrogen-bond acceptors (Lipinski definition) is 8. The van der Waals surface area contributed by atoms with Crippen LogP contribution in [0.4, 0.5) is 5.82 Å². The van der Waals surface area contributed by atoms with Gasteiger partial charge in [-0.15, -0.1) is 11.3 Å². The van der Waals surface area contributed by atoms with E-state index in [-0.39, 0.29) is 0 Å². The Kier molecular flexibility index (Phi) is 6.55. The van der Waals surface area contributed by atoms with Crippen LogP contribution in [0.3, 0.4) is 0 Å². The van der Waals surface area contributed by atoms with Crippen molar-refractivity contribution in [1.82, 2.24) is 9.97 Å². The standard InChI is InChI=1S/C17H18N4OS.C2H2O4/c1-2-14-19-16(21-18-9-11-7-8-22-10-11)15-12-5-3-4-6-13(12)23-17(15)20-14;3-1(4)2(5)6/h7-10H,2-6H2,1H3,(H,19,20,21);(H,3,4)(H,5,6)/b18-9+;. The third-order valence-corrected chi connectivity index (χ3v) is 5.47. The van der Waals surface area contributed by atoms with Crippen LogP contribution >= 0.6 is 11.3 Å². The topological polar surface area (TPSA) is 138 Å². The Morgan fingerprint density at radius 1 is 1.28 bits per heavy atom. The van der Waals surface area contributed by atoms with Gasteiger partial charge in [0.05, 0.1) is 24.1 Å². The molecule has 4 rings (SSSR count). The van der Waals surface area contributed by atoms with Crippen LogP contribution in [0.25, 0.3) is 10.2 Å². The van der Waals surface area contributed by atoms with Gasteiger partial charge in [-0.2, -0.15) is 5.10 Å². The molecule has 10 heteroatoms. The zero-order valence-electron chi connectivity index (χ0n) is 15.7. The zero-order chi connectivity index (χ0) is 20.8. The van der Waals surface area contributed by atoms with Crippen molar-refractivity contribution in [2.45, 2.75) is 39.0 Å². The fraction of sp³-hybridized carbons (Fsp3) is 0.316. The van der Waals surface area contributed by atoms with Crippen LogP contribution < -0.4 is 5.43 Å². The van der Waals surface area contributed by atoms with Gasteiger partial charge < -0.3 is 14.6 Å². The quantitative estimate of drug-likeness (QED) is 0.334. The molecule has 1 aliphatic carbocycles. The smallest absolute Gasteiger partial charge is 0.414 e. The molecule has 0 aliphatic heterocycles. The van der Waals surface area contributed by atoms with Crippen LogP contribution in [-0.4, -0.2) is 38.3 Å². The number of thiophene rings is 1. The highest BCUT2D eigenvalue weighted by atomic mass is 32.1. The van der Waals surface area contributed by atoms with E-state index in [9.17, 15) is 0 Å². The molecule has 0 radical (unpaired) electrons. The van der Waals surface area contributed by atoms with Crippen molar-refractivity contribution in [2.75, 3.05) is 5.43 Å². The van der Waals surface area contributed by atoms with E-state index in [2.05, 4.69) is 22.4 Å². The molecule has 0 aromatic carbocycles. The van der Waals surface area contributed by atoms with Gasteiger partial charge in [0.1, 0.15) is 10.7 Å². The first-order chi connectivity index (χ1) is 14.0. The number of anilines is 1. The van der Waals surface area contributed by atoms with Gasteiger partial charge in [-0.1, -0.05) is 6.92 Å². The Balaban J connectivity index is 0.000000353. The van der Waals surface area contributed by atoms with E-state index in [1.807, 2.05) is 17.4 Å². The fourth-order valence-corrected chi connectivity index (χ4v) is 4.24. The van der Waals surface area contributed by atoms with E-state index in [1.165, 1.54) is 23.3 Å². The van der Waals surface area contributed by atoms with Gasteiger partial charge in [-0.05, 0) is 37.3 Å². The molecule has 29 heavy (non-hydrogen) atoms. The number of hydrazone groups is 1. The lowest BCUT2D eigenvalue weighted by atomic mass is 9.97. The summed E-state index contributed by atoms with van der Waals surface area (Å²) in [6.45, 7) is 2.08. The van der Waals surface area contributed by atoms with Gasteiger partial charge in [0.2, 0.25) is 0 Å². The van der Waals surface area contributed by atoms with Crippen molar-refractivity contribution < 1.29 is 24.2 Å². The molecule has 152 valence electrons. The van der Waals surface area contributed by atoms with Gasteiger partial charge >= 0.3 is 11.9 Å². The summed E-state index contributed by atoms with van der Waals surface area (Å²) in [4.78, 5) is 30.1. The highest BCUT2D eigenvalue weighted by molar-refractivity contribution is 7.19. The van der Waals surface area contributed by atoms with Crippen LogP contribution in [0.2, 0.25) is 0 Å².